The number of nitrogens with zero attached hydrogens (tertiary/aromatic N) is 3. The van der Waals surface area contributed by atoms with Gasteiger partial charge < -0.3 is 0 Å². The van der Waals surface area contributed by atoms with Crippen LogP contribution in [0.15, 0.2) is 29.4 Å². The molecule has 1 aliphatic heterocycles. The van der Waals surface area contributed by atoms with Crippen LogP contribution in [0.2, 0.25) is 5.02 Å². The van der Waals surface area contributed by atoms with Crippen LogP contribution in [-0.4, -0.2) is 11.6 Å². The second-order valence-corrected chi connectivity index (χ2v) is 4.96. The Morgan fingerprint density at radius 3 is 2.35 bits per heavy atom. The summed E-state index contributed by atoms with van der Waals surface area (Å²) in [7, 11) is 0. The monoisotopic (exact) mass is 286 g/mol. The number of halogens is 1. The van der Waals surface area contributed by atoms with Crippen molar-refractivity contribution in [2.45, 2.75) is 12.8 Å². The van der Waals surface area contributed by atoms with Crippen molar-refractivity contribution in [1.82, 2.24) is 5.43 Å². The summed E-state index contributed by atoms with van der Waals surface area (Å²) < 4.78 is 0. The van der Waals surface area contributed by atoms with Crippen LogP contribution in [0.3, 0.4) is 0 Å². The highest BCUT2D eigenvalue weighted by atomic mass is 35.5. The summed E-state index contributed by atoms with van der Waals surface area (Å²) in [5.41, 5.74) is 3.68. The highest BCUT2D eigenvalue weighted by molar-refractivity contribution is 6.30. The highest BCUT2D eigenvalue weighted by Gasteiger charge is 2.40. The van der Waals surface area contributed by atoms with E-state index in [4.69, 9.17) is 11.6 Å². The van der Waals surface area contributed by atoms with Crippen molar-refractivity contribution in [1.29, 1.82) is 10.5 Å². The van der Waals surface area contributed by atoms with E-state index in [0.29, 0.717) is 10.7 Å². The van der Waals surface area contributed by atoms with Gasteiger partial charge in [-0.05, 0) is 24.6 Å². The van der Waals surface area contributed by atoms with Gasteiger partial charge in [-0.15, -0.1) is 0 Å². The van der Waals surface area contributed by atoms with Crippen LogP contribution in [0.25, 0.3) is 0 Å². The van der Waals surface area contributed by atoms with Crippen LogP contribution >= 0.6 is 11.6 Å². The van der Waals surface area contributed by atoms with Crippen molar-refractivity contribution in [3.05, 3.63) is 34.9 Å². The zero-order valence-electron chi connectivity index (χ0n) is 10.7. The minimum atomic E-state index is -0.935. The molecule has 6 heteroatoms. The molecule has 0 bridgehead atoms. The minimum Gasteiger partial charge on any atom is -0.272 e. The molecule has 1 amide bonds. The molecule has 0 aliphatic carbocycles. The quantitative estimate of drug-likeness (QED) is 0.924. The molecule has 1 aliphatic rings. The predicted octanol–water partition coefficient (Wildman–Crippen LogP) is 2.21. The Labute approximate surface area is 121 Å². The molecule has 2 atom stereocenters. The Morgan fingerprint density at radius 2 is 1.90 bits per heavy atom. The maximum atomic E-state index is 11.9. The van der Waals surface area contributed by atoms with Crippen molar-refractivity contribution < 1.29 is 4.79 Å². The van der Waals surface area contributed by atoms with Gasteiger partial charge in [0.2, 0.25) is 5.91 Å². The van der Waals surface area contributed by atoms with Crippen LogP contribution in [0.4, 0.5) is 0 Å². The van der Waals surface area contributed by atoms with Gasteiger partial charge in [-0.3, -0.25) is 4.79 Å². The summed E-state index contributed by atoms with van der Waals surface area (Å²) in [6.07, 6.45) is 0. The van der Waals surface area contributed by atoms with Gasteiger partial charge in [0.25, 0.3) is 0 Å². The maximum absolute atomic E-state index is 11.9. The summed E-state index contributed by atoms with van der Waals surface area (Å²) in [5.74, 6) is -2.40. The summed E-state index contributed by atoms with van der Waals surface area (Å²) in [5, 5.41) is 22.8. The van der Waals surface area contributed by atoms with Crippen molar-refractivity contribution in [3.8, 4) is 12.1 Å². The number of amides is 1. The molecule has 1 heterocycles. The maximum Gasteiger partial charge on any atom is 0.249 e. The summed E-state index contributed by atoms with van der Waals surface area (Å²) in [4.78, 5) is 11.9. The Kier molecular flexibility index (Phi) is 4.02. The number of hydrogen-bond donors (Lipinski definition) is 1. The Balaban J connectivity index is 2.48. The SMILES string of the molecule is CC1=NNC(=O)[C@@H]1[C@@H](c1ccc(Cl)cc1)C(C#N)C#N. The van der Waals surface area contributed by atoms with Gasteiger partial charge >= 0.3 is 0 Å². The number of carbonyl (C=O) groups is 1. The number of hydrazone groups is 1. The molecule has 1 aromatic carbocycles. The third kappa shape index (κ3) is 2.49. The van der Waals surface area contributed by atoms with E-state index in [2.05, 4.69) is 10.5 Å². The van der Waals surface area contributed by atoms with Crippen molar-refractivity contribution in [2.75, 3.05) is 0 Å². The molecule has 0 radical (unpaired) electrons. The lowest BCUT2D eigenvalue weighted by Crippen LogP contribution is -2.32. The molecule has 0 aromatic heterocycles. The van der Waals surface area contributed by atoms with Gasteiger partial charge in [-0.1, -0.05) is 23.7 Å². The zero-order valence-corrected chi connectivity index (χ0v) is 11.4. The van der Waals surface area contributed by atoms with Crippen molar-refractivity contribution in [3.63, 3.8) is 0 Å². The van der Waals surface area contributed by atoms with E-state index >= 15 is 0 Å². The first kappa shape index (κ1) is 14.0. The lowest BCUT2D eigenvalue weighted by Gasteiger charge is -2.23. The second-order valence-electron chi connectivity index (χ2n) is 4.52. The summed E-state index contributed by atoms with van der Waals surface area (Å²) >= 11 is 5.85. The van der Waals surface area contributed by atoms with Gasteiger partial charge in [0, 0.05) is 16.7 Å². The largest absolute Gasteiger partial charge is 0.272 e. The fourth-order valence-electron chi connectivity index (χ4n) is 2.35. The lowest BCUT2D eigenvalue weighted by molar-refractivity contribution is -0.122. The average Bonchev–Trinajstić information content (AvgIpc) is 2.77. The number of nitriles is 2. The van der Waals surface area contributed by atoms with Gasteiger partial charge in [0.15, 0.2) is 0 Å². The molecule has 0 unspecified atom stereocenters. The number of rotatable bonds is 3. The zero-order chi connectivity index (χ0) is 14.7. The molecule has 0 saturated heterocycles. The first-order valence-electron chi connectivity index (χ1n) is 5.97. The van der Waals surface area contributed by atoms with Crippen LogP contribution < -0.4 is 5.43 Å². The topological polar surface area (TPSA) is 89.0 Å². The van der Waals surface area contributed by atoms with E-state index < -0.39 is 17.8 Å². The third-order valence-corrected chi connectivity index (χ3v) is 3.58. The van der Waals surface area contributed by atoms with Gasteiger partial charge in [-0.2, -0.15) is 15.6 Å². The average molecular weight is 287 g/mol. The number of carbonyl (C=O) groups excluding carboxylic acids is 1. The molecule has 0 spiro atoms. The molecular weight excluding hydrogens is 276 g/mol. The molecule has 0 saturated carbocycles. The first-order chi connectivity index (χ1) is 9.58. The van der Waals surface area contributed by atoms with Crippen LogP contribution in [0, 0.1) is 34.5 Å². The third-order valence-electron chi connectivity index (χ3n) is 3.33. The fraction of sp³-hybridized carbons (Fsp3) is 0.286. The molecular formula is C14H11ClN4O. The normalized spacial score (nSPS) is 18.9. The van der Waals surface area contributed by atoms with Crippen molar-refractivity contribution >= 4 is 23.2 Å². The van der Waals surface area contributed by atoms with Gasteiger partial charge in [-0.25, -0.2) is 5.43 Å². The number of hydrogen-bond acceptors (Lipinski definition) is 4. The number of benzene rings is 1. The second kappa shape index (κ2) is 5.73. The predicted molar refractivity (Wildman–Crippen MR) is 73.7 cm³/mol. The molecule has 5 nitrogen and oxygen atoms in total. The van der Waals surface area contributed by atoms with Gasteiger partial charge in [0.1, 0.15) is 5.92 Å². The van der Waals surface area contributed by atoms with Crippen molar-refractivity contribution in [2.24, 2.45) is 16.9 Å². The summed E-state index contributed by atoms with van der Waals surface area (Å²) in [6, 6.07) is 10.7. The van der Waals surface area contributed by atoms with Gasteiger partial charge in [0.05, 0.1) is 18.1 Å². The van der Waals surface area contributed by atoms with Crippen LogP contribution in [0.5, 0.6) is 0 Å². The molecule has 0 fully saturated rings. The van der Waals surface area contributed by atoms with E-state index in [1.54, 1.807) is 31.2 Å². The van der Waals surface area contributed by atoms with E-state index in [1.165, 1.54) is 0 Å². The molecule has 20 heavy (non-hydrogen) atoms. The Hall–Kier alpha value is -2.37. The molecule has 1 aromatic rings. The standard InChI is InChI=1S/C14H11ClN4O/c1-8-12(14(20)19-18-8)13(10(6-16)7-17)9-2-4-11(15)5-3-9/h2-5,10,12-13H,1H3,(H,19,20)/t12-,13-/m0/s1. The Bertz CT molecular complexity index is 625. The Morgan fingerprint density at radius 1 is 1.30 bits per heavy atom. The number of nitrogens with one attached hydrogen (secondary N) is 1. The molecule has 100 valence electrons. The van der Waals surface area contributed by atoms with Crippen LogP contribution in [-0.2, 0) is 4.79 Å². The lowest BCUT2D eigenvalue weighted by atomic mass is 9.76. The first-order valence-corrected chi connectivity index (χ1v) is 6.35. The van der Waals surface area contributed by atoms with Crippen LogP contribution in [0.1, 0.15) is 18.4 Å². The van der Waals surface area contributed by atoms with E-state index in [9.17, 15) is 15.3 Å². The summed E-state index contributed by atoms with van der Waals surface area (Å²) in [6.45, 7) is 1.71. The van der Waals surface area contributed by atoms with E-state index in [-0.39, 0.29) is 5.91 Å². The molecule has 2 rings (SSSR count). The minimum absolute atomic E-state index is 0.294. The highest BCUT2D eigenvalue weighted by Crippen LogP contribution is 2.35. The fourth-order valence-corrected chi connectivity index (χ4v) is 2.47. The van der Waals surface area contributed by atoms with E-state index in [1.807, 2.05) is 12.1 Å². The smallest absolute Gasteiger partial charge is 0.249 e. The van der Waals surface area contributed by atoms with E-state index in [0.717, 1.165) is 5.56 Å². The molecule has 1 N–H and O–H groups in total.